The van der Waals surface area contributed by atoms with Gasteiger partial charge < -0.3 is 10.1 Å². The zero-order chi connectivity index (χ0) is 26.8. The number of rotatable bonds is 6. The molecule has 38 heavy (non-hydrogen) atoms. The minimum Gasteiger partial charge on any atom is -0.462 e. The van der Waals surface area contributed by atoms with E-state index in [1.165, 1.54) is 11.3 Å². The quantitative estimate of drug-likeness (QED) is 0.203. The van der Waals surface area contributed by atoms with Crippen molar-refractivity contribution in [3.63, 3.8) is 0 Å². The fourth-order valence-electron chi connectivity index (χ4n) is 4.46. The van der Waals surface area contributed by atoms with Crippen LogP contribution in [0.25, 0.3) is 33.3 Å². The molecule has 0 radical (unpaired) electrons. The van der Waals surface area contributed by atoms with Gasteiger partial charge >= 0.3 is 5.97 Å². The first kappa shape index (κ1) is 25.8. The van der Waals surface area contributed by atoms with Gasteiger partial charge in [-0.1, -0.05) is 76.1 Å². The van der Waals surface area contributed by atoms with Crippen molar-refractivity contribution >= 4 is 55.0 Å². The van der Waals surface area contributed by atoms with Gasteiger partial charge in [0.25, 0.3) is 5.91 Å². The number of esters is 1. The third-order valence-corrected chi connectivity index (χ3v) is 7.76. The van der Waals surface area contributed by atoms with Crippen LogP contribution in [0.5, 0.6) is 0 Å². The molecular weight excluding hydrogens is 560 g/mol. The zero-order valence-corrected chi connectivity index (χ0v) is 23.6. The molecule has 2 aromatic heterocycles. The molecule has 5 rings (SSSR count). The third kappa shape index (κ3) is 4.99. The van der Waals surface area contributed by atoms with Crippen LogP contribution in [0.4, 0.5) is 5.00 Å². The first-order valence-electron chi connectivity index (χ1n) is 12.2. The number of ether oxygens (including phenoxy) is 1. The zero-order valence-electron chi connectivity index (χ0n) is 21.2. The number of halogens is 1. The number of carbonyl (C=O) groups excluding carboxylic acids is 2. The van der Waals surface area contributed by atoms with Crippen molar-refractivity contribution in [2.75, 3.05) is 11.9 Å². The number of aryl methyl sites for hydroxylation is 1. The van der Waals surface area contributed by atoms with Crippen LogP contribution >= 0.6 is 27.3 Å². The molecule has 0 spiro atoms. The minimum absolute atomic E-state index is 0.232. The smallest absolute Gasteiger partial charge is 0.341 e. The molecule has 7 heteroatoms. The van der Waals surface area contributed by atoms with Crippen molar-refractivity contribution in [3.8, 4) is 22.4 Å². The highest BCUT2D eigenvalue weighted by Crippen LogP contribution is 2.38. The first-order chi connectivity index (χ1) is 18.4. The van der Waals surface area contributed by atoms with E-state index in [1.54, 1.807) is 6.92 Å². The van der Waals surface area contributed by atoms with Crippen LogP contribution in [0, 0.1) is 13.8 Å². The number of thiophene rings is 1. The molecule has 190 valence electrons. The number of nitrogens with zero attached hydrogens (tertiary/aromatic N) is 1. The second kappa shape index (κ2) is 10.9. The van der Waals surface area contributed by atoms with Gasteiger partial charge in [0.05, 0.1) is 23.4 Å². The summed E-state index contributed by atoms with van der Waals surface area (Å²) in [6.45, 7) is 5.95. The Morgan fingerprint density at radius 1 is 0.921 bits per heavy atom. The van der Waals surface area contributed by atoms with E-state index < -0.39 is 5.97 Å². The number of anilines is 1. The van der Waals surface area contributed by atoms with E-state index in [0.717, 1.165) is 43.3 Å². The molecule has 1 N–H and O–H groups in total. The summed E-state index contributed by atoms with van der Waals surface area (Å²) < 4.78 is 6.31. The lowest BCUT2D eigenvalue weighted by molar-refractivity contribution is 0.0529. The average Bonchev–Trinajstić information content (AvgIpc) is 3.33. The van der Waals surface area contributed by atoms with Crippen LogP contribution < -0.4 is 5.32 Å². The van der Waals surface area contributed by atoms with E-state index in [1.807, 2.05) is 92.0 Å². The molecule has 5 nitrogen and oxygen atoms in total. The number of amides is 1. The topological polar surface area (TPSA) is 68.3 Å². The van der Waals surface area contributed by atoms with E-state index in [-0.39, 0.29) is 12.5 Å². The predicted molar refractivity (Wildman–Crippen MR) is 158 cm³/mol. The van der Waals surface area contributed by atoms with Crippen molar-refractivity contribution in [1.29, 1.82) is 0 Å². The fraction of sp³-hybridized carbons (Fsp3) is 0.129. The molecule has 0 fully saturated rings. The molecule has 0 saturated carbocycles. The van der Waals surface area contributed by atoms with Gasteiger partial charge in [0.1, 0.15) is 10.6 Å². The normalized spacial score (nSPS) is 10.9. The highest BCUT2D eigenvalue weighted by molar-refractivity contribution is 9.10. The number of pyridine rings is 1. The molecule has 0 saturated heterocycles. The Kier molecular flexibility index (Phi) is 7.40. The number of aromatic nitrogens is 1. The monoisotopic (exact) mass is 584 g/mol. The van der Waals surface area contributed by atoms with Crippen molar-refractivity contribution in [1.82, 2.24) is 4.98 Å². The van der Waals surface area contributed by atoms with E-state index in [9.17, 15) is 9.59 Å². The largest absolute Gasteiger partial charge is 0.462 e. The number of hydrogen-bond donors (Lipinski definition) is 1. The van der Waals surface area contributed by atoms with Gasteiger partial charge in [-0.25, -0.2) is 9.78 Å². The van der Waals surface area contributed by atoms with Gasteiger partial charge in [-0.05, 0) is 50.1 Å². The first-order valence-corrected chi connectivity index (χ1v) is 13.9. The number of nitrogens with one attached hydrogen (secondary N) is 1. The Labute approximate surface area is 233 Å². The van der Waals surface area contributed by atoms with Crippen LogP contribution in [0.15, 0.2) is 82.6 Å². The molecule has 0 unspecified atom stereocenters. The summed E-state index contributed by atoms with van der Waals surface area (Å²) in [7, 11) is 0. The summed E-state index contributed by atoms with van der Waals surface area (Å²) in [5, 5.41) is 6.10. The Morgan fingerprint density at radius 3 is 2.32 bits per heavy atom. The summed E-state index contributed by atoms with van der Waals surface area (Å²) in [6, 6.07) is 23.4. The fourth-order valence-corrected chi connectivity index (χ4v) is 5.67. The summed E-state index contributed by atoms with van der Waals surface area (Å²) in [5.41, 5.74) is 6.79. The van der Waals surface area contributed by atoms with Crippen molar-refractivity contribution < 1.29 is 14.3 Å². The maximum Gasteiger partial charge on any atom is 0.341 e. The SMILES string of the molecule is CCOC(=O)c1c(-c2ccc(Br)cc2)csc1NC(=O)c1c(C)c(-c2ccc(C)cc2)nc2ccccc12. The summed E-state index contributed by atoms with van der Waals surface area (Å²) in [5.74, 6) is -0.775. The van der Waals surface area contributed by atoms with E-state index in [4.69, 9.17) is 9.72 Å². The summed E-state index contributed by atoms with van der Waals surface area (Å²) in [4.78, 5) is 31.9. The molecule has 0 aliphatic heterocycles. The van der Waals surface area contributed by atoms with Gasteiger partial charge in [-0.3, -0.25) is 4.79 Å². The number of benzene rings is 3. The second-order valence-corrected chi connectivity index (χ2v) is 10.7. The van der Waals surface area contributed by atoms with E-state index in [0.29, 0.717) is 21.7 Å². The Hall–Kier alpha value is -3.81. The summed E-state index contributed by atoms with van der Waals surface area (Å²) >= 11 is 4.76. The van der Waals surface area contributed by atoms with Crippen LogP contribution in [0.1, 0.15) is 38.8 Å². The van der Waals surface area contributed by atoms with Gasteiger partial charge in [-0.15, -0.1) is 11.3 Å². The van der Waals surface area contributed by atoms with Crippen molar-refractivity contribution in [2.24, 2.45) is 0 Å². The standard InChI is InChI=1S/C31H25BrN2O3S/c1-4-37-31(36)27-24(20-13-15-22(32)16-14-20)17-38-30(27)34-29(35)26-19(3)28(21-11-9-18(2)10-12-21)33-25-8-6-5-7-23(25)26/h5-17H,4H2,1-3H3,(H,34,35). The highest BCUT2D eigenvalue weighted by Gasteiger charge is 2.25. The number of para-hydroxylation sites is 1. The molecule has 0 aliphatic rings. The summed E-state index contributed by atoms with van der Waals surface area (Å²) in [6.07, 6.45) is 0. The van der Waals surface area contributed by atoms with E-state index >= 15 is 0 Å². The molecule has 3 aromatic carbocycles. The molecular formula is C31H25BrN2O3S. The number of carbonyl (C=O) groups is 2. The lowest BCUT2D eigenvalue weighted by Crippen LogP contribution is -2.17. The van der Waals surface area contributed by atoms with Crippen molar-refractivity contribution in [2.45, 2.75) is 20.8 Å². The number of hydrogen-bond acceptors (Lipinski definition) is 5. The molecule has 0 bridgehead atoms. The third-order valence-electron chi connectivity index (χ3n) is 6.34. The molecule has 5 aromatic rings. The maximum atomic E-state index is 13.9. The molecule has 0 atom stereocenters. The lowest BCUT2D eigenvalue weighted by atomic mass is 9.96. The number of fused-ring (bicyclic) bond motifs is 1. The van der Waals surface area contributed by atoms with Gasteiger partial charge in [0.15, 0.2) is 0 Å². The molecule has 0 aliphatic carbocycles. The second-order valence-electron chi connectivity index (χ2n) is 8.88. The maximum absolute atomic E-state index is 13.9. The average molecular weight is 586 g/mol. The van der Waals surface area contributed by atoms with Gasteiger partial charge in [0, 0.05) is 26.4 Å². The van der Waals surface area contributed by atoms with Gasteiger partial charge in [-0.2, -0.15) is 0 Å². The minimum atomic E-state index is -0.473. The van der Waals surface area contributed by atoms with Crippen LogP contribution in [-0.4, -0.2) is 23.5 Å². The molecule has 2 heterocycles. The lowest BCUT2D eigenvalue weighted by Gasteiger charge is -2.15. The predicted octanol–water partition coefficient (Wildman–Crippen LogP) is 8.44. The Balaban J connectivity index is 1.61. The van der Waals surface area contributed by atoms with E-state index in [2.05, 4.69) is 21.2 Å². The Bertz CT molecular complexity index is 1660. The van der Waals surface area contributed by atoms with Gasteiger partial charge in [0.2, 0.25) is 0 Å². The highest BCUT2D eigenvalue weighted by atomic mass is 79.9. The Morgan fingerprint density at radius 2 is 1.61 bits per heavy atom. The van der Waals surface area contributed by atoms with Crippen LogP contribution in [0.2, 0.25) is 0 Å². The molecule has 1 amide bonds. The van der Waals surface area contributed by atoms with Crippen LogP contribution in [0.3, 0.4) is 0 Å². The van der Waals surface area contributed by atoms with Crippen LogP contribution in [-0.2, 0) is 4.74 Å². The van der Waals surface area contributed by atoms with Crippen molar-refractivity contribution in [3.05, 3.63) is 105 Å².